The summed E-state index contributed by atoms with van der Waals surface area (Å²) in [6, 6.07) is 0.523. The van der Waals surface area contributed by atoms with E-state index in [9.17, 15) is 4.79 Å². The molecule has 0 heterocycles. The third-order valence-corrected chi connectivity index (χ3v) is 4.72. The Morgan fingerprint density at radius 2 is 1.56 bits per heavy atom. The van der Waals surface area contributed by atoms with Gasteiger partial charge >= 0.3 is 6.09 Å². The van der Waals surface area contributed by atoms with Gasteiger partial charge < -0.3 is 25.4 Å². The maximum atomic E-state index is 11.9. The van der Waals surface area contributed by atoms with Gasteiger partial charge in [0.1, 0.15) is 5.60 Å². The number of ether oxygens (including phenoxy) is 2. The van der Waals surface area contributed by atoms with Gasteiger partial charge in [0.2, 0.25) is 0 Å². The monoisotopic (exact) mass is 384 g/mol. The first-order chi connectivity index (χ1) is 12.4. The van der Waals surface area contributed by atoms with E-state index in [0.717, 1.165) is 31.6 Å². The summed E-state index contributed by atoms with van der Waals surface area (Å²) in [7, 11) is 3.52. The lowest BCUT2D eigenvalue weighted by molar-refractivity contribution is 0.0205. The van der Waals surface area contributed by atoms with Crippen LogP contribution < -0.4 is 16.0 Å². The third-order valence-electron chi connectivity index (χ3n) is 4.72. The van der Waals surface area contributed by atoms with E-state index in [0.29, 0.717) is 12.6 Å². The second-order valence-corrected chi connectivity index (χ2v) is 9.38. The Hall–Kier alpha value is -1.50. The average Bonchev–Trinajstić information content (AvgIpc) is 2.52. The van der Waals surface area contributed by atoms with Crippen molar-refractivity contribution in [1.82, 2.24) is 16.0 Å². The van der Waals surface area contributed by atoms with E-state index in [2.05, 4.69) is 41.7 Å². The maximum Gasteiger partial charge on any atom is 0.407 e. The van der Waals surface area contributed by atoms with Crippen molar-refractivity contribution in [3.63, 3.8) is 0 Å². The predicted molar refractivity (Wildman–Crippen MR) is 110 cm³/mol. The molecule has 1 fully saturated rings. The van der Waals surface area contributed by atoms with Crippen LogP contribution in [0.15, 0.2) is 4.99 Å². The molecule has 7 nitrogen and oxygen atoms in total. The smallest absolute Gasteiger partial charge is 0.407 e. The lowest BCUT2D eigenvalue weighted by Crippen LogP contribution is -2.50. The number of hydrogen-bond acceptors (Lipinski definition) is 4. The van der Waals surface area contributed by atoms with E-state index in [-0.39, 0.29) is 23.7 Å². The number of rotatable bonds is 5. The molecule has 0 aromatic heterocycles. The molecule has 0 saturated heterocycles. The van der Waals surface area contributed by atoms with Crippen molar-refractivity contribution in [2.45, 2.75) is 91.0 Å². The van der Waals surface area contributed by atoms with Crippen LogP contribution in [0.2, 0.25) is 0 Å². The molecule has 1 rings (SSSR count). The van der Waals surface area contributed by atoms with Crippen molar-refractivity contribution < 1.29 is 14.3 Å². The van der Waals surface area contributed by atoms with Gasteiger partial charge in [-0.2, -0.15) is 0 Å². The molecule has 1 saturated carbocycles. The third kappa shape index (κ3) is 9.31. The summed E-state index contributed by atoms with van der Waals surface area (Å²) >= 11 is 0. The van der Waals surface area contributed by atoms with E-state index in [1.807, 2.05) is 20.8 Å². The SMILES string of the molecule is CN=C(NCC(OC)C(C)(C)C)NC1CCC(NC(=O)OC(C)(C)C)CC1. The van der Waals surface area contributed by atoms with E-state index >= 15 is 0 Å². The fourth-order valence-electron chi connectivity index (χ4n) is 3.18. The van der Waals surface area contributed by atoms with Crippen LogP contribution in [0.3, 0.4) is 0 Å². The van der Waals surface area contributed by atoms with Gasteiger partial charge in [-0.3, -0.25) is 4.99 Å². The summed E-state index contributed by atoms with van der Waals surface area (Å²) in [5.41, 5.74) is -0.403. The number of carbonyl (C=O) groups excluding carboxylic acids is 1. The largest absolute Gasteiger partial charge is 0.444 e. The van der Waals surface area contributed by atoms with Gasteiger partial charge in [-0.25, -0.2) is 4.79 Å². The minimum atomic E-state index is -0.464. The van der Waals surface area contributed by atoms with E-state index in [4.69, 9.17) is 9.47 Å². The molecule has 1 unspecified atom stereocenters. The van der Waals surface area contributed by atoms with Crippen LogP contribution >= 0.6 is 0 Å². The number of alkyl carbamates (subject to hydrolysis) is 1. The van der Waals surface area contributed by atoms with Gasteiger partial charge in [0.25, 0.3) is 0 Å². The molecule has 0 aromatic rings. The zero-order valence-corrected chi connectivity index (χ0v) is 18.4. The molecular weight excluding hydrogens is 344 g/mol. The summed E-state index contributed by atoms with van der Waals surface area (Å²) in [6.45, 7) is 12.8. The minimum absolute atomic E-state index is 0.0615. The van der Waals surface area contributed by atoms with Gasteiger partial charge in [0.15, 0.2) is 5.96 Å². The molecule has 27 heavy (non-hydrogen) atoms. The van der Waals surface area contributed by atoms with Crippen molar-refractivity contribution in [3.8, 4) is 0 Å². The summed E-state index contributed by atoms with van der Waals surface area (Å²) < 4.78 is 10.9. The summed E-state index contributed by atoms with van der Waals surface area (Å²) in [5.74, 6) is 0.796. The first kappa shape index (κ1) is 23.5. The van der Waals surface area contributed by atoms with Gasteiger partial charge in [-0.05, 0) is 51.9 Å². The molecular formula is C20H40N4O3. The molecule has 7 heteroatoms. The topological polar surface area (TPSA) is 84.0 Å². The Morgan fingerprint density at radius 1 is 1.04 bits per heavy atom. The number of aliphatic imine (C=N–C) groups is 1. The summed E-state index contributed by atoms with van der Waals surface area (Å²) in [6.07, 6.45) is 3.59. The first-order valence-corrected chi connectivity index (χ1v) is 9.94. The van der Waals surface area contributed by atoms with Crippen molar-refractivity contribution in [2.75, 3.05) is 20.7 Å². The Bertz CT molecular complexity index is 486. The molecule has 1 amide bonds. The van der Waals surface area contributed by atoms with Crippen LogP contribution in [0, 0.1) is 5.41 Å². The number of nitrogens with one attached hydrogen (secondary N) is 3. The van der Waals surface area contributed by atoms with Gasteiger partial charge in [-0.15, -0.1) is 0 Å². The molecule has 1 atom stereocenters. The lowest BCUT2D eigenvalue weighted by Gasteiger charge is -2.33. The molecule has 0 bridgehead atoms. The zero-order chi connectivity index (χ0) is 20.7. The molecule has 0 spiro atoms. The van der Waals surface area contributed by atoms with Crippen LogP contribution in [0.25, 0.3) is 0 Å². The number of hydrogen-bond donors (Lipinski definition) is 3. The Morgan fingerprint density at radius 3 is 1.96 bits per heavy atom. The van der Waals surface area contributed by atoms with Gasteiger partial charge in [0.05, 0.1) is 6.10 Å². The highest BCUT2D eigenvalue weighted by Gasteiger charge is 2.27. The average molecular weight is 385 g/mol. The summed E-state index contributed by atoms with van der Waals surface area (Å²) in [4.78, 5) is 16.2. The Labute approximate surface area is 165 Å². The highest BCUT2D eigenvalue weighted by molar-refractivity contribution is 5.80. The number of methoxy groups -OCH3 is 1. The van der Waals surface area contributed by atoms with Crippen LogP contribution in [-0.2, 0) is 9.47 Å². The molecule has 0 aliphatic heterocycles. The van der Waals surface area contributed by atoms with Crippen molar-refractivity contribution in [3.05, 3.63) is 0 Å². The molecule has 0 radical (unpaired) electrons. The first-order valence-electron chi connectivity index (χ1n) is 9.94. The predicted octanol–water partition coefficient (Wildman–Crippen LogP) is 3.05. The normalized spacial score (nSPS) is 22.7. The maximum absolute atomic E-state index is 11.9. The highest BCUT2D eigenvalue weighted by Crippen LogP contribution is 2.21. The zero-order valence-electron chi connectivity index (χ0n) is 18.4. The van der Waals surface area contributed by atoms with Crippen molar-refractivity contribution in [1.29, 1.82) is 0 Å². The summed E-state index contributed by atoms with van der Waals surface area (Å²) in [5, 5.41) is 9.83. The van der Waals surface area contributed by atoms with Crippen LogP contribution in [0.4, 0.5) is 4.79 Å². The number of nitrogens with zero attached hydrogens (tertiary/aromatic N) is 1. The fraction of sp³-hybridized carbons (Fsp3) is 0.900. The number of carbonyl (C=O) groups is 1. The van der Waals surface area contributed by atoms with Crippen molar-refractivity contribution >= 4 is 12.1 Å². The molecule has 3 N–H and O–H groups in total. The van der Waals surface area contributed by atoms with E-state index in [1.54, 1.807) is 14.2 Å². The Balaban J connectivity index is 2.38. The molecule has 158 valence electrons. The number of guanidine groups is 1. The number of amides is 1. The molecule has 0 aromatic carbocycles. The lowest BCUT2D eigenvalue weighted by atomic mass is 9.89. The van der Waals surface area contributed by atoms with E-state index < -0.39 is 5.60 Å². The molecule has 1 aliphatic carbocycles. The van der Waals surface area contributed by atoms with Crippen molar-refractivity contribution in [2.24, 2.45) is 10.4 Å². The highest BCUT2D eigenvalue weighted by atomic mass is 16.6. The standard InChI is InChI=1S/C20H40N4O3/c1-19(2,3)16(26-8)13-22-17(21-7)23-14-9-11-15(12-10-14)24-18(25)27-20(4,5)6/h14-16H,9-13H2,1-8H3,(H,24,25)(H2,21,22,23). The second-order valence-electron chi connectivity index (χ2n) is 9.38. The quantitative estimate of drug-likeness (QED) is 0.501. The Kier molecular flexibility index (Phi) is 8.85. The van der Waals surface area contributed by atoms with Crippen LogP contribution in [0.5, 0.6) is 0 Å². The van der Waals surface area contributed by atoms with Gasteiger partial charge in [-0.1, -0.05) is 20.8 Å². The van der Waals surface area contributed by atoms with Crippen LogP contribution in [-0.4, -0.2) is 56.5 Å². The fourth-order valence-corrected chi connectivity index (χ4v) is 3.18. The minimum Gasteiger partial charge on any atom is -0.444 e. The second kappa shape index (κ2) is 10.2. The van der Waals surface area contributed by atoms with Crippen LogP contribution in [0.1, 0.15) is 67.2 Å². The van der Waals surface area contributed by atoms with Gasteiger partial charge in [0, 0.05) is 32.8 Å². The molecule has 1 aliphatic rings. The van der Waals surface area contributed by atoms with E-state index in [1.165, 1.54) is 0 Å².